The van der Waals surface area contributed by atoms with Crippen LogP contribution in [0.25, 0.3) is 0 Å². The fraction of sp³-hybridized carbons (Fsp3) is 0.889. The summed E-state index contributed by atoms with van der Waals surface area (Å²) in [6.45, 7) is 2.17. The Kier molecular flexibility index (Phi) is 7.42. The average molecular weight is 254 g/mol. The van der Waals surface area contributed by atoms with Crippen molar-refractivity contribution in [2.24, 2.45) is 0 Å². The van der Waals surface area contributed by atoms with Crippen LogP contribution >= 0.6 is 7.82 Å². The van der Waals surface area contributed by atoms with Gasteiger partial charge in [0.15, 0.2) is 0 Å². The molecule has 0 aliphatic rings. The molecule has 16 heavy (non-hydrogen) atoms. The van der Waals surface area contributed by atoms with Gasteiger partial charge in [0, 0.05) is 20.6 Å². The first-order valence-corrected chi connectivity index (χ1v) is 6.58. The predicted molar refractivity (Wildman–Crippen MR) is 57.7 cm³/mol. The number of unbranched alkanes of at least 4 members (excludes halogenated alkanes) is 3. The van der Waals surface area contributed by atoms with Crippen LogP contribution in [0.3, 0.4) is 0 Å². The van der Waals surface area contributed by atoms with Crippen LogP contribution in [0.2, 0.25) is 0 Å². The van der Waals surface area contributed by atoms with Gasteiger partial charge in [-0.1, -0.05) is 12.8 Å². The SMILES string of the molecule is [3H]COP(=O)([O-])OCCCCCCNC(C)=O. The molecule has 1 unspecified atom stereocenters. The summed E-state index contributed by atoms with van der Waals surface area (Å²) in [6.07, 6.45) is 3.18. The molecule has 6 nitrogen and oxygen atoms in total. The number of rotatable bonds is 9. The molecule has 7 heteroatoms. The number of hydrogen-bond acceptors (Lipinski definition) is 5. The Hall–Kier alpha value is -0.420. The van der Waals surface area contributed by atoms with Crippen LogP contribution in [0.1, 0.15) is 34.0 Å². The highest BCUT2D eigenvalue weighted by atomic mass is 31.2. The van der Waals surface area contributed by atoms with Gasteiger partial charge >= 0.3 is 0 Å². The maximum Gasteiger partial charge on any atom is 0.267 e. The van der Waals surface area contributed by atoms with Gasteiger partial charge in [0.2, 0.25) is 5.91 Å². The predicted octanol–water partition coefficient (Wildman–Crippen LogP) is 0.814. The zero-order valence-corrected chi connectivity index (χ0v) is 10.3. The molecular weight excluding hydrogens is 233 g/mol. The van der Waals surface area contributed by atoms with Crippen molar-refractivity contribution in [3.63, 3.8) is 0 Å². The highest BCUT2D eigenvalue weighted by Gasteiger charge is 2.04. The Labute approximate surface area is 97.3 Å². The normalized spacial score (nSPS) is 15.2. The third-order valence-corrected chi connectivity index (χ3v) is 2.67. The summed E-state index contributed by atoms with van der Waals surface area (Å²) >= 11 is 0. The summed E-state index contributed by atoms with van der Waals surface area (Å²) in [6, 6.07) is 0. The Bertz CT molecular complexity index is 264. The summed E-state index contributed by atoms with van der Waals surface area (Å²) in [7, 11) is -4.92. The lowest BCUT2D eigenvalue weighted by Gasteiger charge is -2.19. The first-order valence-electron chi connectivity index (χ1n) is 5.82. The highest BCUT2D eigenvalue weighted by Crippen LogP contribution is 2.36. The van der Waals surface area contributed by atoms with Gasteiger partial charge in [0.05, 0.1) is 7.98 Å². The highest BCUT2D eigenvalue weighted by molar-refractivity contribution is 7.45. The second kappa shape index (κ2) is 8.70. The minimum absolute atomic E-state index is 0.0480. The van der Waals surface area contributed by atoms with E-state index in [1.807, 2.05) is 0 Å². The second-order valence-electron chi connectivity index (χ2n) is 3.31. The zero-order valence-electron chi connectivity index (χ0n) is 10.4. The van der Waals surface area contributed by atoms with Gasteiger partial charge < -0.3 is 19.3 Å². The van der Waals surface area contributed by atoms with Crippen molar-refractivity contribution in [3.8, 4) is 0 Å². The summed E-state index contributed by atoms with van der Waals surface area (Å²) < 4.78 is 26.0. The Morgan fingerprint density at radius 1 is 1.44 bits per heavy atom. The molecule has 0 aliphatic heterocycles. The number of nitrogens with one attached hydrogen (secondary N) is 1. The molecular formula is C9H19NO5P-. The monoisotopic (exact) mass is 254 g/mol. The number of hydrogen-bond donors (Lipinski definition) is 1. The molecule has 0 bridgehead atoms. The van der Waals surface area contributed by atoms with E-state index in [1.165, 1.54) is 6.92 Å². The van der Waals surface area contributed by atoms with Gasteiger partial charge in [0.25, 0.3) is 7.82 Å². The lowest BCUT2D eigenvalue weighted by atomic mass is 10.2. The molecule has 1 amide bonds. The number of amides is 1. The Morgan fingerprint density at radius 2 is 2.12 bits per heavy atom. The van der Waals surface area contributed by atoms with E-state index in [4.69, 9.17) is 1.37 Å². The Morgan fingerprint density at radius 3 is 2.75 bits per heavy atom. The molecule has 0 saturated carbocycles. The van der Waals surface area contributed by atoms with Crippen LogP contribution in [-0.4, -0.2) is 26.1 Å². The third kappa shape index (κ3) is 10.1. The van der Waals surface area contributed by atoms with Crippen LogP contribution in [0.4, 0.5) is 0 Å². The summed E-state index contributed by atoms with van der Waals surface area (Å²) in [4.78, 5) is 21.4. The van der Waals surface area contributed by atoms with E-state index in [9.17, 15) is 14.3 Å². The quantitative estimate of drug-likeness (QED) is 0.486. The van der Waals surface area contributed by atoms with Crippen molar-refractivity contribution < 1.29 is 24.7 Å². The minimum Gasteiger partial charge on any atom is -0.756 e. The van der Waals surface area contributed by atoms with Gasteiger partial charge in [-0.05, 0) is 12.8 Å². The van der Waals surface area contributed by atoms with Gasteiger partial charge in [0.1, 0.15) is 0 Å². The van der Waals surface area contributed by atoms with E-state index in [-0.39, 0.29) is 12.5 Å². The van der Waals surface area contributed by atoms with E-state index < -0.39 is 14.9 Å². The number of phosphoric ester groups is 1. The second-order valence-corrected chi connectivity index (χ2v) is 4.72. The van der Waals surface area contributed by atoms with Crippen LogP contribution in [0, 0.1) is 0 Å². The van der Waals surface area contributed by atoms with E-state index >= 15 is 0 Å². The molecule has 1 N–H and O–H groups in total. The molecule has 96 valence electrons. The number of phosphoric acid groups is 1. The molecule has 0 aromatic heterocycles. The van der Waals surface area contributed by atoms with E-state index in [1.54, 1.807) is 0 Å². The van der Waals surface area contributed by atoms with Crippen LogP contribution in [0.15, 0.2) is 0 Å². The third-order valence-electron chi connectivity index (χ3n) is 1.85. The summed E-state index contributed by atoms with van der Waals surface area (Å²) in [5.41, 5.74) is 0. The number of carbonyl (C=O) groups is 1. The van der Waals surface area contributed by atoms with Crippen LogP contribution < -0.4 is 10.2 Å². The number of carbonyl (C=O) groups excluding carboxylic acids is 1. The van der Waals surface area contributed by atoms with Crippen molar-refractivity contribution in [3.05, 3.63) is 0 Å². The van der Waals surface area contributed by atoms with Crippen molar-refractivity contribution >= 4 is 13.7 Å². The van der Waals surface area contributed by atoms with Crippen molar-refractivity contribution in [1.82, 2.24) is 5.32 Å². The molecule has 0 heterocycles. The maximum absolute atomic E-state index is 10.9. The lowest BCUT2D eigenvalue weighted by Crippen LogP contribution is -2.20. The average Bonchev–Trinajstić information content (AvgIpc) is 2.21. The molecule has 0 fully saturated rings. The van der Waals surface area contributed by atoms with Crippen molar-refractivity contribution in [2.75, 3.05) is 20.2 Å². The molecule has 0 radical (unpaired) electrons. The molecule has 0 saturated heterocycles. The van der Waals surface area contributed by atoms with E-state index in [0.717, 1.165) is 19.3 Å². The van der Waals surface area contributed by atoms with Crippen molar-refractivity contribution in [2.45, 2.75) is 32.6 Å². The largest absolute Gasteiger partial charge is 0.756 e. The summed E-state index contributed by atoms with van der Waals surface area (Å²) in [5.74, 6) is -0.0480. The fourth-order valence-electron chi connectivity index (χ4n) is 1.06. The molecule has 0 aromatic rings. The fourth-order valence-corrected chi connectivity index (χ4v) is 1.49. The smallest absolute Gasteiger partial charge is 0.267 e. The molecule has 0 rings (SSSR count). The standard InChI is InChI=1S/C9H20NO5P/c1-9(11)10-7-5-3-4-6-8-15-16(12,13)14-2/h3-8H2,1-2H3,(H,10,11)(H,12,13)/p-1/i2T. The maximum atomic E-state index is 10.9. The zero-order chi connectivity index (χ0) is 13.1. The lowest BCUT2D eigenvalue weighted by molar-refractivity contribution is -0.223. The topological polar surface area (TPSA) is 87.7 Å². The molecule has 0 aromatic carbocycles. The van der Waals surface area contributed by atoms with E-state index in [2.05, 4.69) is 14.4 Å². The minimum atomic E-state index is -4.26. The first-order chi connectivity index (χ1) is 7.98. The van der Waals surface area contributed by atoms with Gasteiger partial charge in [-0.25, -0.2) is 0 Å². The molecule has 1 atom stereocenters. The molecule has 0 aliphatic carbocycles. The first kappa shape index (κ1) is 13.6. The van der Waals surface area contributed by atoms with Crippen molar-refractivity contribution in [1.29, 1.82) is 0 Å². The summed E-state index contributed by atoms with van der Waals surface area (Å²) in [5, 5.41) is 2.67. The van der Waals surface area contributed by atoms with Gasteiger partial charge in [-0.15, -0.1) is 0 Å². The molecule has 0 spiro atoms. The van der Waals surface area contributed by atoms with Crippen LogP contribution in [-0.2, 0) is 18.4 Å². The van der Waals surface area contributed by atoms with E-state index in [0.29, 0.717) is 13.0 Å². The van der Waals surface area contributed by atoms with Crippen LogP contribution in [0.5, 0.6) is 0 Å². The van der Waals surface area contributed by atoms with Gasteiger partial charge in [-0.3, -0.25) is 9.36 Å². The Balaban J connectivity index is 3.29. The van der Waals surface area contributed by atoms with Gasteiger partial charge in [-0.2, -0.15) is 0 Å².